The average Bonchev–Trinajstić information content (AvgIpc) is 3.24. The standard InChI is InChI=1S/C52H54N4O4.2Co/c1-31-21-33(3)49(57)37(23-31)27-53-43-17-9-11-19-45(43)55-29-39-25-35-13-5-7-15-41(35)47(51(39)59)48-42-16-8-6-14-36(42)26-40(52(48)60)30-56-46-20-12-10-18-44(46)54-28-38-24-32(2)22-34(4)50(38)58;;/h5-8,13-16,21-30,43-46,57-60H,9-12,17-20H2,1-4H3;;. The molecule has 2 fully saturated rings. The molecule has 8 nitrogen and oxygen atoms in total. The molecule has 0 heterocycles. The number of aromatic hydroxyl groups is 4. The maximum absolute atomic E-state index is 12.3. The van der Waals surface area contributed by atoms with E-state index in [0.29, 0.717) is 33.4 Å². The van der Waals surface area contributed by atoms with Crippen LogP contribution < -0.4 is 0 Å². The second kappa shape index (κ2) is 20.3. The monoisotopic (exact) mass is 916 g/mol. The first kappa shape index (κ1) is 46.2. The van der Waals surface area contributed by atoms with Gasteiger partial charge in [-0.3, -0.25) is 20.0 Å². The first-order valence-corrected chi connectivity index (χ1v) is 21.3. The van der Waals surface area contributed by atoms with Crippen molar-refractivity contribution in [1.82, 2.24) is 0 Å². The molecule has 4 atom stereocenters. The Balaban J connectivity index is 0.00000321. The Kier molecular flexibility index (Phi) is 15.1. The van der Waals surface area contributed by atoms with Gasteiger partial charge < -0.3 is 20.4 Å². The molecule has 62 heavy (non-hydrogen) atoms. The topological polar surface area (TPSA) is 130 Å². The molecule has 0 bridgehead atoms. The second-order valence-electron chi connectivity index (χ2n) is 16.8. The van der Waals surface area contributed by atoms with Crippen molar-refractivity contribution in [1.29, 1.82) is 0 Å². The quantitative estimate of drug-likeness (QED) is 0.108. The summed E-state index contributed by atoms with van der Waals surface area (Å²) in [6, 6.07) is 27.3. The van der Waals surface area contributed by atoms with E-state index in [4.69, 9.17) is 20.0 Å². The zero-order valence-electron chi connectivity index (χ0n) is 35.6. The van der Waals surface area contributed by atoms with Crippen molar-refractivity contribution >= 4 is 46.4 Å². The van der Waals surface area contributed by atoms with E-state index >= 15 is 0 Å². The van der Waals surface area contributed by atoms with Crippen LogP contribution in [0.15, 0.2) is 105 Å². The van der Waals surface area contributed by atoms with E-state index in [9.17, 15) is 20.4 Å². The minimum absolute atomic E-state index is 0. The first-order chi connectivity index (χ1) is 29.0. The predicted molar refractivity (Wildman–Crippen MR) is 248 cm³/mol. The summed E-state index contributed by atoms with van der Waals surface area (Å²) in [4.78, 5) is 20.0. The van der Waals surface area contributed by atoms with Gasteiger partial charge in [-0.25, -0.2) is 0 Å². The van der Waals surface area contributed by atoms with E-state index in [1.165, 1.54) is 0 Å². The van der Waals surface area contributed by atoms with Gasteiger partial charge in [0.15, 0.2) is 0 Å². The zero-order chi connectivity index (χ0) is 41.9. The van der Waals surface area contributed by atoms with Crippen LogP contribution in [0.2, 0.25) is 0 Å². The molecule has 0 aliphatic heterocycles. The molecule has 6 aromatic carbocycles. The van der Waals surface area contributed by atoms with Crippen LogP contribution in [-0.2, 0) is 33.6 Å². The van der Waals surface area contributed by atoms with Crippen molar-refractivity contribution in [2.45, 2.75) is 103 Å². The van der Waals surface area contributed by atoms with E-state index in [-0.39, 0.29) is 80.7 Å². The molecule has 4 unspecified atom stereocenters. The van der Waals surface area contributed by atoms with Crippen molar-refractivity contribution < 1.29 is 54.0 Å². The average molecular weight is 917 g/mol. The summed E-state index contributed by atoms with van der Waals surface area (Å²) in [7, 11) is 0. The van der Waals surface area contributed by atoms with Crippen molar-refractivity contribution in [3.05, 3.63) is 129 Å². The van der Waals surface area contributed by atoms with Gasteiger partial charge >= 0.3 is 0 Å². The molecule has 0 amide bonds. The number of rotatable bonds is 9. The first-order valence-electron chi connectivity index (χ1n) is 21.3. The van der Waals surface area contributed by atoms with Gasteiger partial charge in [0, 0.05) is 91.8 Å². The molecule has 10 heteroatoms. The van der Waals surface area contributed by atoms with E-state index in [1.54, 1.807) is 24.9 Å². The summed E-state index contributed by atoms with van der Waals surface area (Å²) in [5.41, 5.74) is 7.39. The third-order valence-corrected chi connectivity index (χ3v) is 12.3. The molecule has 4 N–H and O–H groups in total. The van der Waals surface area contributed by atoms with Crippen molar-refractivity contribution in [3.8, 4) is 34.1 Å². The number of aliphatic imine (C=N–C) groups is 4. The number of nitrogens with zero attached hydrogens (tertiary/aromatic N) is 4. The van der Waals surface area contributed by atoms with Crippen molar-refractivity contribution in [3.63, 3.8) is 0 Å². The fraction of sp³-hybridized carbons (Fsp3) is 0.308. The molecule has 8 rings (SSSR count). The summed E-state index contributed by atoms with van der Waals surface area (Å²) in [6.07, 6.45) is 14.8. The molecule has 324 valence electrons. The minimum Gasteiger partial charge on any atom is -0.507 e. The zero-order valence-corrected chi connectivity index (χ0v) is 37.7. The number of hydrogen-bond acceptors (Lipinski definition) is 8. The molecule has 0 aromatic heterocycles. The Hall–Kier alpha value is -5.27. The van der Waals surface area contributed by atoms with Crippen LogP contribution >= 0.6 is 0 Å². The minimum atomic E-state index is -0.0919. The Morgan fingerprint density at radius 2 is 0.726 bits per heavy atom. The third-order valence-electron chi connectivity index (χ3n) is 12.3. The van der Waals surface area contributed by atoms with Gasteiger partial charge in [0.1, 0.15) is 23.0 Å². The van der Waals surface area contributed by atoms with E-state index in [0.717, 1.165) is 95.2 Å². The van der Waals surface area contributed by atoms with Gasteiger partial charge in [0.25, 0.3) is 0 Å². The van der Waals surface area contributed by atoms with Gasteiger partial charge in [0.2, 0.25) is 0 Å². The molecule has 0 spiro atoms. The molecule has 2 aliphatic rings. The van der Waals surface area contributed by atoms with Crippen LogP contribution in [0, 0.1) is 27.7 Å². The van der Waals surface area contributed by atoms with Crippen LogP contribution in [0.25, 0.3) is 32.7 Å². The smallest absolute Gasteiger partial charge is 0.132 e. The molecular weight excluding hydrogens is 862 g/mol. The Morgan fingerprint density at radius 1 is 0.419 bits per heavy atom. The van der Waals surface area contributed by atoms with Crippen molar-refractivity contribution in [2.75, 3.05) is 0 Å². The molecular formula is C52H54Co2N4O4. The Bertz CT molecular complexity index is 2520. The van der Waals surface area contributed by atoms with Gasteiger partial charge in [-0.05, 0) is 121 Å². The fourth-order valence-corrected chi connectivity index (χ4v) is 9.19. The number of fused-ring (bicyclic) bond motifs is 2. The largest absolute Gasteiger partial charge is 0.507 e. The number of phenols is 4. The van der Waals surface area contributed by atoms with Gasteiger partial charge in [-0.15, -0.1) is 0 Å². The summed E-state index contributed by atoms with van der Waals surface area (Å²) in [5, 5.41) is 49.4. The van der Waals surface area contributed by atoms with E-state index in [2.05, 4.69) is 0 Å². The van der Waals surface area contributed by atoms with Crippen LogP contribution in [0.3, 0.4) is 0 Å². The maximum Gasteiger partial charge on any atom is 0.132 e. The predicted octanol–water partition coefficient (Wildman–Crippen LogP) is 11.4. The Labute approximate surface area is 385 Å². The molecule has 0 saturated heterocycles. The van der Waals surface area contributed by atoms with E-state index in [1.807, 2.05) is 113 Å². The maximum atomic E-state index is 12.3. The third kappa shape index (κ3) is 9.84. The molecule has 6 aromatic rings. The van der Waals surface area contributed by atoms with Crippen LogP contribution in [0.5, 0.6) is 23.0 Å². The summed E-state index contributed by atoms with van der Waals surface area (Å²) >= 11 is 0. The number of benzene rings is 6. The summed E-state index contributed by atoms with van der Waals surface area (Å²) < 4.78 is 0. The molecule has 2 aliphatic carbocycles. The van der Waals surface area contributed by atoms with Crippen LogP contribution in [0.1, 0.15) is 95.9 Å². The van der Waals surface area contributed by atoms with Gasteiger partial charge in [0.05, 0.1) is 24.2 Å². The van der Waals surface area contributed by atoms with Gasteiger partial charge in [-0.2, -0.15) is 0 Å². The molecule has 2 saturated carbocycles. The SMILES string of the molecule is Cc1cc(C)c(O)c(C=NC2CCCCC2N=Cc2cc3ccccc3c(-c3c(O)c(C=NC4CCCCC4N=Cc4cc(C)cc(C)c4O)cc4ccccc34)c2O)c1.[Co].[Co]. The second-order valence-corrected chi connectivity index (χ2v) is 16.8. The number of phenolic OH excluding ortho intramolecular Hbond substituents is 4. The Morgan fingerprint density at radius 3 is 1.06 bits per heavy atom. The summed E-state index contributed by atoms with van der Waals surface area (Å²) in [5.74, 6) is 0.579. The van der Waals surface area contributed by atoms with Crippen LogP contribution in [-0.4, -0.2) is 69.5 Å². The van der Waals surface area contributed by atoms with Crippen LogP contribution in [0.4, 0.5) is 0 Å². The number of hydrogen-bond donors (Lipinski definition) is 4. The fourth-order valence-electron chi connectivity index (χ4n) is 9.19. The summed E-state index contributed by atoms with van der Waals surface area (Å²) in [6.45, 7) is 7.82. The normalized spacial score (nSPS) is 19.5. The molecule has 2 radical (unpaired) electrons. The van der Waals surface area contributed by atoms with Crippen molar-refractivity contribution in [2.24, 2.45) is 20.0 Å². The van der Waals surface area contributed by atoms with Gasteiger partial charge in [-0.1, -0.05) is 86.3 Å². The van der Waals surface area contributed by atoms with E-state index < -0.39 is 0 Å². The number of aryl methyl sites for hydroxylation is 4.